The monoisotopic (exact) mass is 536 g/mol. The zero-order chi connectivity index (χ0) is 27.1. The third kappa shape index (κ3) is 6.89. The number of carbonyl (C=O) groups is 3. The van der Waals surface area contributed by atoms with Crippen molar-refractivity contribution in [1.29, 1.82) is 0 Å². The van der Waals surface area contributed by atoms with Gasteiger partial charge >= 0.3 is 12.5 Å². The van der Waals surface area contributed by atoms with Crippen molar-refractivity contribution in [2.24, 2.45) is 0 Å². The van der Waals surface area contributed by atoms with Gasteiger partial charge in [0.2, 0.25) is 0 Å². The minimum atomic E-state index is -3.17. The summed E-state index contributed by atoms with van der Waals surface area (Å²) in [4.78, 5) is 48.2. The fraction of sp³-hybridized carbons (Fsp3) is 0.417. The van der Waals surface area contributed by atoms with Crippen molar-refractivity contribution in [2.45, 2.75) is 19.1 Å². The number of anilines is 2. The highest BCUT2D eigenvalue weighted by atomic mass is 19.3. The highest BCUT2D eigenvalue weighted by molar-refractivity contribution is 5.90. The maximum Gasteiger partial charge on any atom is 0.414 e. The van der Waals surface area contributed by atoms with Crippen molar-refractivity contribution in [3.63, 3.8) is 0 Å². The van der Waals surface area contributed by atoms with Crippen LogP contribution in [0.1, 0.15) is 5.56 Å². The Kier molecular flexibility index (Phi) is 8.97. The van der Waals surface area contributed by atoms with Gasteiger partial charge in [-0.15, -0.1) is 0 Å². The largest absolute Gasteiger partial charge is 0.442 e. The number of hydrogen-bond donors (Lipinski definition) is 2. The second-order valence-corrected chi connectivity index (χ2v) is 8.57. The normalized spacial score (nSPS) is 17.9. The van der Waals surface area contributed by atoms with E-state index in [0.717, 1.165) is 10.5 Å². The van der Waals surface area contributed by atoms with E-state index in [4.69, 9.17) is 9.57 Å². The molecule has 2 aromatic rings. The standard InChI is InChI=1S/C24H27F3N6O5/c25-19-11-17(32-15-18(38-24(32)36)13-30-23(35)22(26)27)1-2-20(19)31-7-8-33(37-10-9-31)21(34)14-29-12-16-3-5-28-6-4-16/h1-6,11,18,22,29H,7-10,12-15H2,(H,30,35)/t18-/m0/s1. The maximum atomic E-state index is 15.1. The Morgan fingerprint density at radius 1 is 1.13 bits per heavy atom. The van der Waals surface area contributed by atoms with Crippen LogP contribution in [-0.4, -0.2) is 86.4 Å². The van der Waals surface area contributed by atoms with Crippen molar-refractivity contribution in [3.05, 3.63) is 54.1 Å². The van der Waals surface area contributed by atoms with Crippen LogP contribution in [0.25, 0.3) is 0 Å². The molecule has 0 unspecified atom stereocenters. The number of pyridine rings is 1. The molecule has 1 atom stereocenters. The Hall–Kier alpha value is -3.91. The summed E-state index contributed by atoms with van der Waals surface area (Å²) in [5.74, 6) is -2.30. The lowest BCUT2D eigenvalue weighted by atomic mass is 10.2. The number of hydrogen-bond acceptors (Lipinski definition) is 8. The van der Waals surface area contributed by atoms with Crippen molar-refractivity contribution < 1.29 is 37.1 Å². The highest BCUT2D eigenvalue weighted by Crippen LogP contribution is 2.28. The first-order valence-electron chi connectivity index (χ1n) is 11.9. The molecule has 2 saturated heterocycles. The van der Waals surface area contributed by atoms with E-state index in [2.05, 4.69) is 10.3 Å². The molecule has 3 heterocycles. The van der Waals surface area contributed by atoms with Gasteiger partial charge in [0.25, 0.3) is 11.8 Å². The molecular weight excluding hydrogens is 509 g/mol. The predicted octanol–water partition coefficient (Wildman–Crippen LogP) is 1.30. The smallest absolute Gasteiger partial charge is 0.414 e. The molecule has 4 rings (SSSR count). The van der Waals surface area contributed by atoms with Gasteiger partial charge in [0.1, 0.15) is 11.9 Å². The van der Waals surface area contributed by atoms with Crippen molar-refractivity contribution in [3.8, 4) is 0 Å². The minimum Gasteiger partial charge on any atom is -0.442 e. The molecule has 0 aliphatic carbocycles. The number of rotatable bonds is 9. The van der Waals surface area contributed by atoms with Gasteiger partial charge < -0.3 is 20.3 Å². The molecule has 14 heteroatoms. The lowest BCUT2D eigenvalue weighted by Crippen LogP contribution is -2.39. The SMILES string of the molecule is O=C(NC[C@H]1CN(c2ccc(N3CCON(C(=O)CNCc4ccncc4)CC3)c(F)c2)C(=O)O1)C(F)F. The zero-order valence-electron chi connectivity index (χ0n) is 20.3. The van der Waals surface area contributed by atoms with E-state index in [1.807, 2.05) is 17.4 Å². The van der Waals surface area contributed by atoms with Crippen LogP contribution in [0.4, 0.5) is 29.3 Å². The first-order chi connectivity index (χ1) is 18.3. The fourth-order valence-corrected chi connectivity index (χ4v) is 4.04. The lowest BCUT2D eigenvalue weighted by Gasteiger charge is -2.24. The Labute approximate surface area is 216 Å². The topological polar surface area (TPSA) is 116 Å². The molecule has 3 amide bonds. The molecule has 2 fully saturated rings. The molecule has 0 radical (unpaired) electrons. The number of ether oxygens (including phenoxy) is 1. The summed E-state index contributed by atoms with van der Waals surface area (Å²) in [5, 5.41) is 6.32. The fourth-order valence-electron chi connectivity index (χ4n) is 4.04. The molecule has 2 aliphatic rings. The number of halogens is 3. The lowest BCUT2D eigenvalue weighted by molar-refractivity contribution is -0.180. The number of carbonyl (C=O) groups excluding carboxylic acids is 3. The van der Waals surface area contributed by atoms with Gasteiger partial charge in [0.05, 0.1) is 44.2 Å². The number of benzene rings is 1. The van der Waals surface area contributed by atoms with E-state index in [0.29, 0.717) is 19.6 Å². The number of aromatic nitrogens is 1. The van der Waals surface area contributed by atoms with Crippen molar-refractivity contribution in [1.82, 2.24) is 20.7 Å². The van der Waals surface area contributed by atoms with E-state index >= 15 is 4.39 Å². The average Bonchev–Trinajstić information content (AvgIpc) is 3.11. The zero-order valence-corrected chi connectivity index (χ0v) is 20.3. The van der Waals surface area contributed by atoms with Crippen molar-refractivity contribution >= 4 is 29.3 Å². The quantitative estimate of drug-likeness (QED) is 0.493. The molecule has 0 spiro atoms. The Bertz CT molecular complexity index is 1140. The van der Waals surface area contributed by atoms with E-state index < -0.39 is 30.3 Å². The highest BCUT2D eigenvalue weighted by Gasteiger charge is 2.33. The van der Waals surface area contributed by atoms with Crippen LogP contribution in [0.5, 0.6) is 0 Å². The molecule has 11 nitrogen and oxygen atoms in total. The van der Waals surface area contributed by atoms with Gasteiger partial charge in [-0.1, -0.05) is 0 Å². The first-order valence-corrected chi connectivity index (χ1v) is 11.9. The third-order valence-corrected chi connectivity index (χ3v) is 5.97. The molecule has 204 valence electrons. The summed E-state index contributed by atoms with van der Waals surface area (Å²) in [6.45, 7) is 1.31. The van der Waals surface area contributed by atoms with Crippen LogP contribution >= 0.6 is 0 Å². The molecule has 0 saturated carbocycles. The van der Waals surface area contributed by atoms with E-state index in [-0.39, 0.29) is 50.1 Å². The summed E-state index contributed by atoms with van der Waals surface area (Å²) < 4.78 is 44.8. The molecule has 2 aliphatic heterocycles. The second kappa shape index (κ2) is 12.6. The van der Waals surface area contributed by atoms with Gasteiger partial charge in [-0.25, -0.2) is 14.2 Å². The number of amides is 3. The predicted molar refractivity (Wildman–Crippen MR) is 129 cm³/mol. The first kappa shape index (κ1) is 27.1. The number of alkyl halides is 2. The molecule has 0 bridgehead atoms. The van der Waals surface area contributed by atoms with Crippen LogP contribution in [0, 0.1) is 5.82 Å². The van der Waals surface area contributed by atoms with E-state index in [9.17, 15) is 23.2 Å². The van der Waals surface area contributed by atoms with Gasteiger partial charge in [-0.05, 0) is 35.9 Å². The molecule has 1 aromatic heterocycles. The van der Waals surface area contributed by atoms with Gasteiger partial charge in [0.15, 0.2) is 0 Å². The van der Waals surface area contributed by atoms with Crippen LogP contribution in [-0.2, 0) is 25.7 Å². The Morgan fingerprint density at radius 2 is 1.92 bits per heavy atom. The summed E-state index contributed by atoms with van der Waals surface area (Å²) >= 11 is 0. The summed E-state index contributed by atoms with van der Waals surface area (Å²) in [6.07, 6.45) is -1.45. The van der Waals surface area contributed by atoms with Crippen LogP contribution in [0.2, 0.25) is 0 Å². The number of hydroxylamine groups is 2. The van der Waals surface area contributed by atoms with Crippen LogP contribution < -0.4 is 20.4 Å². The molecule has 2 N–H and O–H groups in total. The van der Waals surface area contributed by atoms with E-state index in [1.54, 1.807) is 17.3 Å². The molecular formula is C24H27F3N6O5. The molecule has 1 aromatic carbocycles. The summed E-state index contributed by atoms with van der Waals surface area (Å²) in [5.41, 5.74) is 1.49. The number of nitrogens with one attached hydrogen (secondary N) is 2. The third-order valence-electron chi connectivity index (χ3n) is 5.97. The van der Waals surface area contributed by atoms with Gasteiger partial charge in [-0.2, -0.15) is 8.78 Å². The number of nitrogens with zero attached hydrogens (tertiary/aromatic N) is 4. The second-order valence-electron chi connectivity index (χ2n) is 8.57. The van der Waals surface area contributed by atoms with Gasteiger partial charge in [-0.3, -0.25) is 24.3 Å². The Morgan fingerprint density at radius 3 is 2.66 bits per heavy atom. The van der Waals surface area contributed by atoms with Crippen molar-refractivity contribution in [2.75, 3.05) is 55.7 Å². The van der Waals surface area contributed by atoms with Gasteiger partial charge in [0, 0.05) is 32.0 Å². The number of cyclic esters (lactones) is 1. The van der Waals surface area contributed by atoms with Crippen LogP contribution in [0.3, 0.4) is 0 Å². The molecule has 38 heavy (non-hydrogen) atoms. The summed E-state index contributed by atoms with van der Waals surface area (Å²) in [7, 11) is 0. The summed E-state index contributed by atoms with van der Waals surface area (Å²) in [6, 6.07) is 7.92. The average molecular weight is 537 g/mol. The van der Waals surface area contributed by atoms with E-state index in [1.165, 1.54) is 23.3 Å². The Balaban J connectivity index is 1.29. The maximum absolute atomic E-state index is 15.1. The van der Waals surface area contributed by atoms with Crippen LogP contribution in [0.15, 0.2) is 42.7 Å². The minimum absolute atomic E-state index is 0.0367.